The first-order valence-corrected chi connectivity index (χ1v) is 6.76. The highest BCUT2D eigenvalue weighted by Gasteiger charge is 2.18. The van der Waals surface area contributed by atoms with E-state index in [4.69, 9.17) is 16.9 Å². The van der Waals surface area contributed by atoms with Gasteiger partial charge in [0.2, 0.25) is 0 Å². The van der Waals surface area contributed by atoms with Gasteiger partial charge in [-0.15, -0.1) is 0 Å². The van der Waals surface area contributed by atoms with Gasteiger partial charge < -0.3 is 10.1 Å². The maximum atomic E-state index is 11.6. The molecule has 0 unspecified atom stereocenters. The van der Waals surface area contributed by atoms with E-state index in [9.17, 15) is 4.79 Å². The average molecular weight is 295 g/mol. The Balaban J connectivity index is 2.74. The smallest absolute Gasteiger partial charge is 0.339 e. The first-order valence-electron chi connectivity index (χ1n) is 6.38. The first kappa shape index (κ1) is 16.3. The number of benzene rings is 1. The normalized spacial score (nSPS) is 10.8. The van der Waals surface area contributed by atoms with Crippen LogP contribution in [-0.2, 0) is 4.74 Å². The Bertz CT molecular complexity index is 521. The van der Waals surface area contributed by atoms with Crippen LogP contribution in [0.5, 0.6) is 0 Å². The number of ether oxygens (including phenoxy) is 1. The number of hydrogen-bond acceptors (Lipinski definition) is 4. The molecule has 20 heavy (non-hydrogen) atoms. The van der Waals surface area contributed by atoms with E-state index in [-0.39, 0.29) is 5.41 Å². The fraction of sp³-hybridized carbons (Fsp3) is 0.467. The van der Waals surface area contributed by atoms with Crippen molar-refractivity contribution in [2.24, 2.45) is 5.41 Å². The number of hydrogen-bond donors (Lipinski definition) is 1. The molecule has 1 rings (SSSR count). The second-order valence-corrected chi connectivity index (χ2v) is 5.77. The molecule has 0 saturated heterocycles. The van der Waals surface area contributed by atoms with Gasteiger partial charge in [-0.1, -0.05) is 25.4 Å². The lowest BCUT2D eigenvalue weighted by Gasteiger charge is -2.24. The number of halogens is 1. The minimum absolute atomic E-state index is 0.000788. The molecule has 1 aromatic carbocycles. The Hall–Kier alpha value is -1.73. The number of methoxy groups -OCH3 is 1. The van der Waals surface area contributed by atoms with Crippen LogP contribution in [0.4, 0.5) is 5.69 Å². The molecule has 5 heteroatoms. The van der Waals surface area contributed by atoms with Crippen molar-refractivity contribution in [2.45, 2.75) is 26.7 Å². The molecule has 1 N–H and O–H groups in total. The Kier molecular flexibility index (Phi) is 5.84. The molecule has 4 nitrogen and oxygen atoms in total. The predicted octanol–water partition coefficient (Wildman–Crippen LogP) is 3.87. The van der Waals surface area contributed by atoms with Crippen LogP contribution < -0.4 is 5.32 Å². The molecule has 1 aromatic rings. The van der Waals surface area contributed by atoms with E-state index in [1.165, 1.54) is 7.11 Å². The van der Waals surface area contributed by atoms with E-state index in [2.05, 4.69) is 30.0 Å². The third-order valence-corrected chi connectivity index (χ3v) is 3.39. The molecule has 0 atom stereocenters. The second kappa shape index (κ2) is 7.16. The van der Waals surface area contributed by atoms with Gasteiger partial charge in [-0.2, -0.15) is 5.26 Å². The van der Waals surface area contributed by atoms with Crippen LogP contribution >= 0.6 is 11.6 Å². The Morgan fingerprint density at radius 1 is 1.50 bits per heavy atom. The third kappa shape index (κ3) is 4.75. The van der Waals surface area contributed by atoms with E-state index in [1.807, 2.05) is 6.07 Å². The van der Waals surface area contributed by atoms with Crippen LogP contribution in [0.2, 0.25) is 5.02 Å². The van der Waals surface area contributed by atoms with Crippen molar-refractivity contribution in [2.75, 3.05) is 19.0 Å². The molecule has 0 spiro atoms. The summed E-state index contributed by atoms with van der Waals surface area (Å²) >= 11 is 5.96. The molecule has 0 aliphatic rings. The molecule has 0 heterocycles. The van der Waals surface area contributed by atoms with Crippen molar-refractivity contribution >= 4 is 23.3 Å². The zero-order chi connectivity index (χ0) is 15.2. The van der Waals surface area contributed by atoms with Gasteiger partial charge in [0.15, 0.2) is 0 Å². The molecule has 108 valence electrons. The molecule has 0 aliphatic heterocycles. The lowest BCUT2D eigenvalue weighted by molar-refractivity contribution is 0.0601. The summed E-state index contributed by atoms with van der Waals surface area (Å²) in [6.45, 7) is 4.89. The lowest BCUT2D eigenvalue weighted by Crippen LogP contribution is -2.23. The number of anilines is 1. The summed E-state index contributed by atoms with van der Waals surface area (Å²) in [6, 6.07) is 7.31. The SMILES string of the molecule is COC(=O)c1cc(NCC(C)(C)CCC#N)ccc1Cl. The predicted molar refractivity (Wildman–Crippen MR) is 79.9 cm³/mol. The zero-order valence-electron chi connectivity index (χ0n) is 12.0. The second-order valence-electron chi connectivity index (χ2n) is 5.36. The number of rotatable bonds is 6. The van der Waals surface area contributed by atoms with E-state index >= 15 is 0 Å². The van der Waals surface area contributed by atoms with Crippen molar-refractivity contribution in [3.63, 3.8) is 0 Å². The first-order chi connectivity index (χ1) is 9.39. The quantitative estimate of drug-likeness (QED) is 0.809. The van der Waals surface area contributed by atoms with Crippen molar-refractivity contribution in [3.8, 4) is 6.07 Å². The molecular weight excluding hydrogens is 276 g/mol. The summed E-state index contributed by atoms with van der Waals surface area (Å²) in [6.07, 6.45) is 1.34. The number of nitrogens with zero attached hydrogens (tertiary/aromatic N) is 1. The highest BCUT2D eigenvalue weighted by atomic mass is 35.5. The summed E-state index contributed by atoms with van der Waals surface area (Å²) < 4.78 is 4.68. The highest BCUT2D eigenvalue weighted by molar-refractivity contribution is 6.33. The van der Waals surface area contributed by atoms with Gasteiger partial charge in [0.25, 0.3) is 0 Å². The monoisotopic (exact) mass is 294 g/mol. The van der Waals surface area contributed by atoms with Crippen LogP contribution in [0, 0.1) is 16.7 Å². The summed E-state index contributed by atoms with van der Waals surface area (Å²) in [5, 5.41) is 12.3. The third-order valence-electron chi connectivity index (χ3n) is 3.06. The number of nitriles is 1. The van der Waals surface area contributed by atoms with E-state index < -0.39 is 5.97 Å². The van der Waals surface area contributed by atoms with Crippen LogP contribution in [0.15, 0.2) is 18.2 Å². The van der Waals surface area contributed by atoms with Crippen molar-refractivity contribution in [3.05, 3.63) is 28.8 Å². The highest BCUT2D eigenvalue weighted by Crippen LogP contribution is 2.25. The van der Waals surface area contributed by atoms with E-state index in [0.717, 1.165) is 12.1 Å². The Morgan fingerprint density at radius 2 is 2.20 bits per heavy atom. The molecule has 0 amide bonds. The summed E-state index contributed by atoms with van der Waals surface area (Å²) in [7, 11) is 1.32. The fourth-order valence-corrected chi connectivity index (χ4v) is 1.92. The minimum Gasteiger partial charge on any atom is -0.465 e. The van der Waals surface area contributed by atoms with Crippen molar-refractivity contribution in [1.82, 2.24) is 0 Å². The van der Waals surface area contributed by atoms with Gasteiger partial charge in [0.1, 0.15) is 0 Å². The maximum Gasteiger partial charge on any atom is 0.339 e. The van der Waals surface area contributed by atoms with Crippen molar-refractivity contribution in [1.29, 1.82) is 5.26 Å². The number of carbonyl (C=O) groups is 1. The Morgan fingerprint density at radius 3 is 2.80 bits per heavy atom. The molecule has 0 bridgehead atoms. The van der Waals surface area contributed by atoms with Gasteiger partial charge in [-0.05, 0) is 30.0 Å². The zero-order valence-corrected chi connectivity index (χ0v) is 12.8. The number of carbonyl (C=O) groups excluding carboxylic acids is 1. The number of nitrogens with one attached hydrogen (secondary N) is 1. The standard InChI is InChI=1S/C15H19ClN2O2/c1-15(2,7-4-8-17)10-18-11-5-6-13(16)12(9-11)14(19)20-3/h5-6,9,18H,4,7,10H2,1-3H3. The summed E-state index contributed by atoms with van der Waals surface area (Å²) in [5.74, 6) is -0.456. The van der Waals surface area contributed by atoms with Gasteiger partial charge in [0, 0.05) is 18.7 Å². The molecule has 0 aromatic heterocycles. The Labute approximate surface area is 124 Å². The van der Waals surface area contributed by atoms with Crippen LogP contribution in [0.25, 0.3) is 0 Å². The largest absolute Gasteiger partial charge is 0.465 e. The van der Waals surface area contributed by atoms with Gasteiger partial charge in [-0.3, -0.25) is 0 Å². The molecule has 0 radical (unpaired) electrons. The van der Waals surface area contributed by atoms with E-state index in [0.29, 0.717) is 23.6 Å². The topological polar surface area (TPSA) is 62.1 Å². The van der Waals surface area contributed by atoms with Crippen LogP contribution in [0.1, 0.15) is 37.0 Å². The molecular formula is C15H19ClN2O2. The average Bonchev–Trinajstić information content (AvgIpc) is 2.43. The van der Waals surface area contributed by atoms with Crippen molar-refractivity contribution < 1.29 is 9.53 Å². The molecule has 0 fully saturated rings. The van der Waals surface area contributed by atoms with Gasteiger partial charge in [-0.25, -0.2) is 4.79 Å². The lowest BCUT2D eigenvalue weighted by atomic mass is 9.88. The summed E-state index contributed by atoms with van der Waals surface area (Å²) in [5.41, 5.74) is 1.15. The molecule has 0 saturated carbocycles. The number of esters is 1. The van der Waals surface area contributed by atoms with Crippen LogP contribution in [-0.4, -0.2) is 19.6 Å². The summed E-state index contributed by atoms with van der Waals surface area (Å²) in [4.78, 5) is 11.6. The fourth-order valence-electron chi connectivity index (χ4n) is 1.73. The molecule has 0 aliphatic carbocycles. The van der Waals surface area contributed by atoms with Gasteiger partial charge >= 0.3 is 5.97 Å². The van der Waals surface area contributed by atoms with E-state index in [1.54, 1.807) is 12.1 Å². The maximum absolute atomic E-state index is 11.6. The minimum atomic E-state index is -0.456. The van der Waals surface area contributed by atoms with Crippen LogP contribution in [0.3, 0.4) is 0 Å². The van der Waals surface area contributed by atoms with Gasteiger partial charge in [0.05, 0.1) is 23.8 Å².